The minimum Gasteiger partial charge on any atom is -0.480 e. The molecule has 1 atom stereocenters. The van der Waals surface area contributed by atoms with E-state index in [4.69, 9.17) is 5.11 Å². The van der Waals surface area contributed by atoms with Crippen LogP contribution in [0.1, 0.15) is 47.7 Å². The van der Waals surface area contributed by atoms with Crippen LogP contribution in [0.5, 0.6) is 0 Å². The van der Waals surface area contributed by atoms with Crippen LogP contribution in [0.15, 0.2) is 18.2 Å². The third-order valence-electron chi connectivity index (χ3n) is 3.55. The maximum Gasteiger partial charge on any atom is 0.326 e. The van der Waals surface area contributed by atoms with Crippen molar-refractivity contribution in [3.05, 3.63) is 34.9 Å². The van der Waals surface area contributed by atoms with Gasteiger partial charge in [0.05, 0.1) is 0 Å². The van der Waals surface area contributed by atoms with Crippen LogP contribution in [-0.2, 0) is 17.9 Å². The van der Waals surface area contributed by atoms with Gasteiger partial charge in [0.2, 0.25) is 0 Å². The molecular formula is C15H20N2O3. The Bertz CT molecular complexity index is 514. The second kappa shape index (κ2) is 6.52. The fraction of sp³-hybridized carbons (Fsp3) is 0.467. The van der Waals surface area contributed by atoms with Gasteiger partial charge in [-0.05, 0) is 29.7 Å². The van der Waals surface area contributed by atoms with Gasteiger partial charge in [-0.2, -0.15) is 0 Å². The van der Waals surface area contributed by atoms with Crippen LogP contribution in [0, 0.1) is 0 Å². The van der Waals surface area contributed by atoms with E-state index < -0.39 is 12.0 Å². The predicted molar refractivity (Wildman–Crippen MR) is 75.4 cm³/mol. The normalized spacial score (nSPS) is 14.7. The van der Waals surface area contributed by atoms with E-state index in [-0.39, 0.29) is 5.91 Å². The van der Waals surface area contributed by atoms with E-state index in [1.54, 1.807) is 6.07 Å². The highest BCUT2D eigenvalue weighted by molar-refractivity contribution is 5.96. The van der Waals surface area contributed by atoms with Gasteiger partial charge in [0.25, 0.3) is 5.91 Å². The largest absolute Gasteiger partial charge is 0.480 e. The summed E-state index contributed by atoms with van der Waals surface area (Å²) in [5.74, 6) is -1.29. The van der Waals surface area contributed by atoms with E-state index in [2.05, 4.69) is 10.6 Å². The van der Waals surface area contributed by atoms with Crippen molar-refractivity contribution in [3.63, 3.8) is 0 Å². The van der Waals surface area contributed by atoms with Crippen molar-refractivity contribution in [3.8, 4) is 0 Å². The van der Waals surface area contributed by atoms with Gasteiger partial charge in [-0.15, -0.1) is 0 Å². The molecule has 5 nitrogen and oxygen atoms in total. The van der Waals surface area contributed by atoms with Crippen molar-refractivity contribution in [1.29, 1.82) is 0 Å². The number of hydrogen-bond donors (Lipinski definition) is 3. The molecule has 0 aliphatic carbocycles. The van der Waals surface area contributed by atoms with Crippen molar-refractivity contribution >= 4 is 11.9 Å². The van der Waals surface area contributed by atoms with Crippen LogP contribution >= 0.6 is 0 Å². The van der Waals surface area contributed by atoms with E-state index in [1.165, 1.54) is 5.56 Å². The highest BCUT2D eigenvalue weighted by Gasteiger charge is 2.21. The van der Waals surface area contributed by atoms with Gasteiger partial charge in [0, 0.05) is 18.7 Å². The number of fused-ring (bicyclic) bond motifs is 1. The van der Waals surface area contributed by atoms with E-state index >= 15 is 0 Å². The molecule has 1 aromatic rings. The van der Waals surface area contributed by atoms with Crippen LogP contribution in [0.3, 0.4) is 0 Å². The minimum absolute atomic E-state index is 0.316. The second-order valence-electron chi connectivity index (χ2n) is 5.09. The summed E-state index contributed by atoms with van der Waals surface area (Å²) in [4.78, 5) is 23.3. The van der Waals surface area contributed by atoms with Crippen LogP contribution in [0.25, 0.3) is 0 Å². The molecule has 0 saturated heterocycles. The summed E-state index contributed by atoms with van der Waals surface area (Å²) < 4.78 is 0. The highest BCUT2D eigenvalue weighted by atomic mass is 16.4. The van der Waals surface area contributed by atoms with Crippen molar-refractivity contribution in [2.45, 2.75) is 45.3 Å². The third-order valence-corrected chi connectivity index (χ3v) is 3.55. The van der Waals surface area contributed by atoms with Crippen LogP contribution in [0.4, 0.5) is 0 Å². The molecule has 20 heavy (non-hydrogen) atoms. The van der Waals surface area contributed by atoms with Gasteiger partial charge in [-0.3, -0.25) is 4.79 Å². The van der Waals surface area contributed by atoms with Gasteiger partial charge in [0.15, 0.2) is 0 Å². The fourth-order valence-corrected chi connectivity index (χ4v) is 2.34. The first kappa shape index (κ1) is 14.5. The number of carbonyl (C=O) groups excluding carboxylic acids is 1. The first-order chi connectivity index (χ1) is 9.61. The van der Waals surface area contributed by atoms with E-state index in [0.29, 0.717) is 12.0 Å². The Morgan fingerprint density at radius 3 is 2.80 bits per heavy atom. The Morgan fingerprint density at radius 2 is 2.10 bits per heavy atom. The van der Waals surface area contributed by atoms with E-state index in [9.17, 15) is 9.59 Å². The molecule has 1 aliphatic heterocycles. The quantitative estimate of drug-likeness (QED) is 0.738. The molecule has 1 aliphatic rings. The molecule has 1 heterocycles. The molecule has 1 amide bonds. The number of nitrogens with one attached hydrogen (secondary N) is 2. The van der Waals surface area contributed by atoms with Crippen LogP contribution in [0.2, 0.25) is 0 Å². The fourth-order valence-electron chi connectivity index (χ4n) is 2.34. The first-order valence-electron chi connectivity index (χ1n) is 6.98. The summed E-state index contributed by atoms with van der Waals surface area (Å²) >= 11 is 0. The lowest BCUT2D eigenvalue weighted by Gasteiger charge is -2.14. The maximum absolute atomic E-state index is 12.1. The Balaban J connectivity index is 2.04. The lowest BCUT2D eigenvalue weighted by atomic mass is 10.0. The lowest BCUT2D eigenvalue weighted by molar-refractivity contribution is -0.139. The Hall–Kier alpha value is -1.88. The van der Waals surface area contributed by atoms with Gasteiger partial charge < -0.3 is 15.7 Å². The van der Waals surface area contributed by atoms with E-state index in [1.807, 2.05) is 19.1 Å². The maximum atomic E-state index is 12.1. The third kappa shape index (κ3) is 3.36. The Kier molecular flexibility index (Phi) is 4.74. The summed E-state index contributed by atoms with van der Waals surface area (Å²) in [5.41, 5.74) is 2.83. The average molecular weight is 276 g/mol. The molecule has 108 valence electrons. The van der Waals surface area contributed by atoms with Crippen molar-refractivity contribution < 1.29 is 14.7 Å². The molecule has 0 spiro atoms. The number of benzene rings is 1. The number of aliphatic carboxylic acids is 1. The molecule has 0 aromatic heterocycles. The molecular weight excluding hydrogens is 256 g/mol. The molecule has 0 bridgehead atoms. The van der Waals surface area contributed by atoms with Crippen molar-refractivity contribution in [1.82, 2.24) is 10.6 Å². The number of amides is 1. The van der Waals surface area contributed by atoms with E-state index in [0.717, 1.165) is 31.5 Å². The number of carbonyl (C=O) groups is 2. The topological polar surface area (TPSA) is 78.4 Å². The first-order valence-corrected chi connectivity index (χ1v) is 6.98. The van der Waals surface area contributed by atoms with Crippen LogP contribution < -0.4 is 10.6 Å². The van der Waals surface area contributed by atoms with Crippen molar-refractivity contribution in [2.75, 3.05) is 0 Å². The second-order valence-corrected chi connectivity index (χ2v) is 5.09. The molecule has 0 fully saturated rings. The highest BCUT2D eigenvalue weighted by Crippen LogP contribution is 2.17. The number of unbranched alkanes of at least 4 members (excludes halogenated alkanes) is 1. The number of carboxylic acids is 1. The van der Waals surface area contributed by atoms with Gasteiger partial charge in [0.1, 0.15) is 6.04 Å². The summed E-state index contributed by atoms with van der Waals surface area (Å²) in [5, 5.41) is 14.9. The minimum atomic E-state index is -0.977. The average Bonchev–Trinajstić information content (AvgIpc) is 2.90. The summed E-state index contributed by atoms with van der Waals surface area (Å²) in [6.45, 7) is 3.58. The molecule has 0 radical (unpaired) electrons. The molecule has 1 aromatic carbocycles. The zero-order chi connectivity index (χ0) is 14.5. The molecule has 1 unspecified atom stereocenters. The standard InChI is InChI=1S/C15H20N2O3/c1-2-3-4-13(15(19)20)17-14(18)10-5-6-11-8-16-9-12(11)7-10/h5-7,13,16H,2-4,8-9H2,1H3,(H,17,18)(H,19,20). The summed E-state index contributed by atoms with van der Waals surface area (Å²) in [6, 6.07) is 4.70. The predicted octanol–water partition coefficient (Wildman–Crippen LogP) is 1.66. The summed E-state index contributed by atoms with van der Waals surface area (Å²) in [6.07, 6.45) is 2.15. The number of carboxylic acid groups (broad SMARTS) is 1. The summed E-state index contributed by atoms with van der Waals surface area (Å²) in [7, 11) is 0. The van der Waals surface area contributed by atoms with Crippen molar-refractivity contribution in [2.24, 2.45) is 0 Å². The Labute approximate surface area is 118 Å². The van der Waals surface area contributed by atoms with Gasteiger partial charge >= 0.3 is 5.97 Å². The monoisotopic (exact) mass is 276 g/mol. The smallest absolute Gasteiger partial charge is 0.326 e. The molecule has 3 N–H and O–H groups in total. The Morgan fingerprint density at radius 1 is 1.35 bits per heavy atom. The SMILES string of the molecule is CCCCC(NC(=O)c1ccc2c(c1)CNC2)C(=O)O. The molecule has 0 saturated carbocycles. The van der Waals surface area contributed by atoms with Gasteiger partial charge in [-0.1, -0.05) is 25.8 Å². The molecule has 2 rings (SSSR count). The zero-order valence-electron chi connectivity index (χ0n) is 11.6. The zero-order valence-corrected chi connectivity index (χ0v) is 11.6. The molecule has 5 heteroatoms. The van der Waals surface area contributed by atoms with Crippen LogP contribution in [-0.4, -0.2) is 23.0 Å². The van der Waals surface area contributed by atoms with Gasteiger partial charge in [-0.25, -0.2) is 4.79 Å². The lowest BCUT2D eigenvalue weighted by Crippen LogP contribution is -2.40. The number of hydrogen-bond acceptors (Lipinski definition) is 3. The number of rotatable bonds is 6.